The summed E-state index contributed by atoms with van der Waals surface area (Å²) in [6.07, 6.45) is 3.41. The number of nitrogens with one attached hydrogen (secondary N) is 1. The van der Waals surface area contributed by atoms with Gasteiger partial charge in [0.2, 0.25) is 0 Å². The van der Waals surface area contributed by atoms with E-state index >= 15 is 0 Å². The number of nitrogens with zero attached hydrogens (tertiary/aromatic N) is 3. The van der Waals surface area contributed by atoms with E-state index in [1.807, 2.05) is 0 Å². The minimum atomic E-state index is 0.744. The molecule has 150 valence electrons. The molecular formula is C21H33BrN4O. The largest absolute Gasteiger partial charge is 0.379 e. The van der Waals surface area contributed by atoms with Crippen molar-refractivity contribution in [2.75, 3.05) is 59.0 Å². The maximum absolute atomic E-state index is 5.47. The highest BCUT2D eigenvalue weighted by atomic mass is 79.9. The fourth-order valence-electron chi connectivity index (χ4n) is 3.91. The second kappa shape index (κ2) is 11.0. The minimum Gasteiger partial charge on any atom is -0.379 e. The highest BCUT2D eigenvalue weighted by Crippen LogP contribution is 2.18. The molecule has 2 heterocycles. The van der Waals surface area contributed by atoms with Gasteiger partial charge in [0.05, 0.1) is 13.2 Å². The summed E-state index contributed by atoms with van der Waals surface area (Å²) in [4.78, 5) is 9.91. The topological polar surface area (TPSA) is 40.1 Å². The summed E-state index contributed by atoms with van der Waals surface area (Å²) in [6, 6.07) is 8.57. The molecule has 2 fully saturated rings. The molecule has 5 nitrogen and oxygen atoms in total. The second-order valence-electron chi connectivity index (χ2n) is 7.48. The van der Waals surface area contributed by atoms with E-state index in [0.29, 0.717) is 0 Å². The summed E-state index contributed by atoms with van der Waals surface area (Å²) in [7, 11) is 0. The molecular weight excluding hydrogens is 404 g/mol. The Hall–Kier alpha value is -1.11. The Labute approximate surface area is 172 Å². The minimum absolute atomic E-state index is 0.744. The van der Waals surface area contributed by atoms with Gasteiger partial charge in [-0.1, -0.05) is 28.1 Å². The Morgan fingerprint density at radius 3 is 2.93 bits per heavy atom. The number of ether oxygens (including phenoxy) is 1. The van der Waals surface area contributed by atoms with Gasteiger partial charge in [0.1, 0.15) is 0 Å². The maximum atomic E-state index is 5.47. The lowest BCUT2D eigenvalue weighted by Crippen LogP contribution is -2.42. The van der Waals surface area contributed by atoms with Gasteiger partial charge in [0, 0.05) is 50.3 Å². The van der Waals surface area contributed by atoms with Gasteiger partial charge in [0.25, 0.3) is 0 Å². The zero-order valence-electron chi connectivity index (χ0n) is 16.5. The third-order valence-corrected chi connectivity index (χ3v) is 5.81. The van der Waals surface area contributed by atoms with Gasteiger partial charge >= 0.3 is 0 Å². The first-order valence-corrected chi connectivity index (χ1v) is 11.1. The third-order valence-electron chi connectivity index (χ3n) is 5.31. The number of halogens is 1. The van der Waals surface area contributed by atoms with Crippen LogP contribution >= 0.6 is 15.9 Å². The molecule has 0 aliphatic carbocycles. The lowest BCUT2D eigenvalue weighted by atomic mass is 10.1. The van der Waals surface area contributed by atoms with E-state index in [1.165, 1.54) is 18.5 Å². The molecule has 3 rings (SSSR count). The fourth-order valence-corrected chi connectivity index (χ4v) is 4.36. The van der Waals surface area contributed by atoms with Crippen LogP contribution in [-0.2, 0) is 11.2 Å². The molecule has 2 aliphatic heterocycles. The Kier molecular flexibility index (Phi) is 8.42. The summed E-state index contributed by atoms with van der Waals surface area (Å²) < 4.78 is 6.62. The summed E-state index contributed by atoms with van der Waals surface area (Å²) in [6.45, 7) is 11.3. The van der Waals surface area contributed by atoms with Crippen LogP contribution in [0.4, 0.5) is 0 Å². The number of benzene rings is 1. The van der Waals surface area contributed by atoms with Crippen LogP contribution in [0, 0.1) is 5.92 Å². The number of morpholine rings is 1. The lowest BCUT2D eigenvalue weighted by Gasteiger charge is -2.29. The van der Waals surface area contributed by atoms with E-state index in [9.17, 15) is 0 Å². The fraction of sp³-hybridized carbons (Fsp3) is 0.667. The zero-order chi connectivity index (χ0) is 18.9. The van der Waals surface area contributed by atoms with Crippen molar-refractivity contribution in [1.82, 2.24) is 15.1 Å². The maximum Gasteiger partial charge on any atom is 0.193 e. The molecule has 0 spiro atoms. The molecule has 6 heteroatoms. The number of guanidine groups is 1. The van der Waals surface area contributed by atoms with E-state index in [1.54, 1.807) is 0 Å². The molecule has 1 atom stereocenters. The van der Waals surface area contributed by atoms with Crippen LogP contribution in [0.25, 0.3) is 0 Å². The van der Waals surface area contributed by atoms with E-state index in [-0.39, 0.29) is 0 Å². The van der Waals surface area contributed by atoms with Crippen LogP contribution < -0.4 is 5.32 Å². The van der Waals surface area contributed by atoms with Crippen molar-refractivity contribution in [3.8, 4) is 0 Å². The van der Waals surface area contributed by atoms with Crippen molar-refractivity contribution in [1.29, 1.82) is 0 Å². The van der Waals surface area contributed by atoms with E-state index in [2.05, 4.69) is 62.2 Å². The smallest absolute Gasteiger partial charge is 0.193 e. The van der Waals surface area contributed by atoms with Gasteiger partial charge in [-0.2, -0.15) is 0 Å². The number of hydrogen-bond donors (Lipinski definition) is 1. The van der Waals surface area contributed by atoms with Crippen molar-refractivity contribution < 1.29 is 4.74 Å². The first-order chi connectivity index (χ1) is 13.2. The average Bonchev–Trinajstić information content (AvgIpc) is 3.13. The third kappa shape index (κ3) is 6.77. The van der Waals surface area contributed by atoms with Crippen molar-refractivity contribution in [2.45, 2.75) is 26.2 Å². The predicted octanol–water partition coefficient (Wildman–Crippen LogP) is 3.00. The first kappa shape index (κ1) is 20.6. The summed E-state index contributed by atoms with van der Waals surface area (Å²) in [5, 5.41) is 3.49. The van der Waals surface area contributed by atoms with Gasteiger partial charge in [0.15, 0.2) is 5.96 Å². The molecule has 0 aromatic heterocycles. The SMILES string of the molecule is CCNC(=NCCCc1cccc(Br)c1)N1CCC(CN2CCOCC2)C1. The van der Waals surface area contributed by atoms with Crippen LogP contribution in [0.3, 0.4) is 0 Å². The van der Waals surface area contributed by atoms with Crippen LogP contribution in [-0.4, -0.2) is 74.8 Å². The lowest BCUT2D eigenvalue weighted by molar-refractivity contribution is 0.0315. The number of likely N-dealkylation sites (tertiary alicyclic amines) is 1. The Bertz CT molecular complexity index is 604. The molecule has 0 bridgehead atoms. The van der Waals surface area contributed by atoms with E-state index < -0.39 is 0 Å². The Morgan fingerprint density at radius 1 is 1.30 bits per heavy atom. The summed E-state index contributed by atoms with van der Waals surface area (Å²) in [5.41, 5.74) is 1.37. The predicted molar refractivity (Wildman–Crippen MR) is 115 cm³/mol. The van der Waals surface area contributed by atoms with Gasteiger partial charge in [-0.05, 0) is 49.8 Å². The highest BCUT2D eigenvalue weighted by molar-refractivity contribution is 9.10. The van der Waals surface area contributed by atoms with Crippen LogP contribution in [0.2, 0.25) is 0 Å². The highest BCUT2D eigenvalue weighted by Gasteiger charge is 2.26. The zero-order valence-corrected chi connectivity index (χ0v) is 18.1. The quantitative estimate of drug-likeness (QED) is 0.405. The van der Waals surface area contributed by atoms with E-state index in [4.69, 9.17) is 9.73 Å². The molecule has 2 saturated heterocycles. The molecule has 0 saturated carbocycles. The molecule has 1 aromatic carbocycles. The van der Waals surface area contributed by atoms with Crippen molar-refractivity contribution >= 4 is 21.9 Å². The molecule has 1 unspecified atom stereocenters. The normalized spacial score (nSPS) is 21.6. The molecule has 1 N–H and O–H groups in total. The van der Waals surface area contributed by atoms with Gasteiger partial charge in [-0.25, -0.2) is 0 Å². The molecule has 1 aromatic rings. The number of aliphatic imine (C=N–C) groups is 1. The van der Waals surface area contributed by atoms with Crippen molar-refractivity contribution in [3.05, 3.63) is 34.3 Å². The summed E-state index contributed by atoms with van der Waals surface area (Å²) >= 11 is 3.55. The van der Waals surface area contributed by atoms with Crippen LogP contribution in [0.15, 0.2) is 33.7 Å². The van der Waals surface area contributed by atoms with Gasteiger partial charge < -0.3 is 15.0 Å². The number of aryl methyl sites for hydroxylation is 1. The monoisotopic (exact) mass is 436 g/mol. The van der Waals surface area contributed by atoms with Gasteiger partial charge in [-0.15, -0.1) is 0 Å². The standard InChI is InChI=1S/C21H33BrN4O/c1-2-23-21(24-9-4-6-18-5-3-7-20(22)15-18)26-10-8-19(17-26)16-25-11-13-27-14-12-25/h3,5,7,15,19H,2,4,6,8-14,16-17H2,1H3,(H,23,24). The Morgan fingerprint density at radius 2 is 2.15 bits per heavy atom. The Balaban J connectivity index is 1.45. The van der Waals surface area contributed by atoms with Crippen LogP contribution in [0.5, 0.6) is 0 Å². The van der Waals surface area contributed by atoms with Crippen molar-refractivity contribution in [3.63, 3.8) is 0 Å². The van der Waals surface area contributed by atoms with Crippen LogP contribution in [0.1, 0.15) is 25.3 Å². The van der Waals surface area contributed by atoms with Gasteiger partial charge in [-0.3, -0.25) is 9.89 Å². The van der Waals surface area contributed by atoms with Crippen molar-refractivity contribution in [2.24, 2.45) is 10.9 Å². The molecule has 0 radical (unpaired) electrons. The number of hydrogen-bond acceptors (Lipinski definition) is 3. The first-order valence-electron chi connectivity index (χ1n) is 10.3. The second-order valence-corrected chi connectivity index (χ2v) is 8.40. The molecule has 2 aliphatic rings. The molecule has 0 amide bonds. The average molecular weight is 437 g/mol. The summed E-state index contributed by atoms with van der Waals surface area (Å²) in [5.74, 6) is 1.84. The number of rotatable bonds is 7. The van der Waals surface area contributed by atoms with E-state index in [0.717, 1.165) is 81.7 Å². The molecule has 27 heavy (non-hydrogen) atoms.